The van der Waals surface area contributed by atoms with Crippen LogP contribution in [-0.2, 0) is 11.3 Å². The van der Waals surface area contributed by atoms with Gasteiger partial charge in [0.2, 0.25) is 0 Å². The third-order valence-electron chi connectivity index (χ3n) is 3.33. The first kappa shape index (κ1) is 16.6. The van der Waals surface area contributed by atoms with Crippen molar-refractivity contribution in [2.75, 3.05) is 26.0 Å². The maximum absolute atomic E-state index is 12.3. The Kier molecular flexibility index (Phi) is 6.07. The van der Waals surface area contributed by atoms with E-state index in [9.17, 15) is 4.79 Å². The number of amides is 1. The Morgan fingerprint density at radius 3 is 2.80 bits per heavy atom. The first-order valence-electron chi connectivity index (χ1n) is 7.12. The molecule has 5 heteroatoms. The van der Waals surface area contributed by atoms with Crippen LogP contribution in [0.4, 0.5) is 5.69 Å². The van der Waals surface area contributed by atoms with E-state index in [4.69, 9.17) is 10.5 Å². The molecule has 0 unspecified atom stereocenters. The van der Waals surface area contributed by atoms with E-state index in [1.165, 1.54) is 0 Å². The van der Waals surface area contributed by atoms with Crippen LogP contribution in [0, 0.1) is 5.41 Å². The first-order valence-corrected chi connectivity index (χ1v) is 7.12. The lowest BCUT2D eigenvalue weighted by atomic mass is 9.89. The molecule has 1 aromatic heterocycles. The van der Waals surface area contributed by atoms with Crippen LogP contribution >= 0.6 is 0 Å². The van der Waals surface area contributed by atoms with Gasteiger partial charge in [0.05, 0.1) is 5.69 Å². The van der Waals surface area contributed by atoms with Crippen LogP contribution in [-0.4, -0.2) is 30.7 Å². The minimum absolute atomic E-state index is 0.0133. The monoisotopic (exact) mass is 281 g/mol. The Bertz CT molecular complexity index is 438. The number of aryl methyl sites for hydroxylation is 1. The lowest BCUT2D eigenvalue weighted by Gasteiger charge is -2.24. The van der Waals surface area contributed by atoms with Crippen molar-refractivity contribution in [2.45, 2.75) is 40.2 Å². The summed E-state index contributed by atoms with van der Waals surface area (Å²) in [6.07, 6.45) is 3.68. The maximum Gasteiger partial charge on any atom is 0.268 e. The normalized spacial score (nSPS) is 11.6. The second-order valence-corrected chi connectivity index (χ2v) is 5.94. The van der Waals surface area contributed by atoms with Gasteiger partial charge in [0, 0.05) is 33.0 Å². The van der Waals surface area contributed by atoms with Crippen LogP contribution in [0.1, 0.15) is 44.1 Å². The minimum atomic E-state index is -0.0689. The van der Waals surface area contributed by atoms with E-state index in [1.54, 1.807) is 13.2 Å². The SMILES string of the molecule is CCCn1cc(N)cc1C(=O)NCC(C)(C)CCOC. The highest BCUT2D eigenvalue weighted by Gasteiger charge is 2.20. The summed E-state index contributed by atoms with van der Waals surface area (Å²) in [6, 6.07) is 1.73. The lowest BCUT2D eigenvalue weighted by molar-refractivity contribution is 0.0911. The number of hydrogen-bond donors (Lipinski definition) is 2. The Hall–Kier alpha value is -1.49. The molecule has 0 fully saturated rings. The summed E-state index contributed by atoms with van der Waals surface area (Å²) in [5.41, 5.74) is 7.05. The Morgan fingerprint density at radius 1 is 1.50 bits per heavy atom. The molecule has 0 aliphatic rings. The Labute approximate surface area is 121 Å². The van der Waals surface area contributed by atoms with E-state index in [0.29, 0.717) is 24.5 Å². The van der Waals surface area contributed by atoms with Crippen LogP contribution in [0.2, 0.25) is 0 Å². The minimum Gasteiger partial charge on any atom is -0.397 e. The van der Waals surface area contributed by atoms with Crippen molar-refractivity contribution in [1.82, 2.24) is 9.88 Å². The predicted octanol–water partition coefficient (Wildman–Crippen LogP) is 2.27. The molecule has 20 heavy (non-hydrogen) atoms. The topological polar surface area (TPSA) is 69.3 Å². The molecule has 1 heterocycles. The number of carbonyl (C=O) groups excluding carboxylic acids is 1. The number of nitrogens with zero attached hydrogens (tertiary/aromatic N) is 1. The van der Waals surface area contributed by atoms with Gasteiger partial charge in [0.15, 0.2) is 0 Å². The van der Waals surface area contributed by atoms with Gasteiger partial charge in [-0.1, -0.05) is 20.8 Å². The molecule has 0 bridgehead atoms. The van der Waals surface area contributed by atoms with Crippen LogP contribution in [0.15, 0.2) is 12.3 Å². The fourth-order valence-electron chi connectivity index (χ4n) is 2.03. The average molecular weight is 281 g/mol. The molecule has 1 rings (SSSR count). The molecule has 0 spiro atoms. The van der Waals surface area contributed by atoms with Gasteiger partial charge in [-0.05, 0) is 24.3 Å². The molecule has 0 aliphatic carbocycles. The van der Waals surface area contributed by atoms with Gasteiger partial charge >= 0.3 is 0 Å². The zero-order chi connectivity index (χ0) is 15.2. The zero-order valence-corrected chi connectivity index (χ0v) is 13.0. The molecule has 1 aromatic rings. The molecule has 3 N–H and O–H groups in total. The van der Waals surface area contributed by atoms with E-state index < -0.39 is 0 Å². The third-order valence-corrected chi connectivity index (χ3v) is 3.33. The van der Waals surface area contributed by atoms with Gasteiger partial charge in [0.25, 0.3) is 5.91 Å². The predicted molar refractivity (Wildman–Crippen MR) is 81.7 cm³/mol. The molecule has 1 amide bonds. The average Bonchev–Trinajstić information content (AvgIpc) is 2.75. The standard InChI is InChI=1S/C15H27N3O2/c1-5-7-18-10-12(16)9-13(18)14(19)17-11-15(2,3)6-8-20-4/h9-10H,5-8,11,16H2,1-4H3,(H,17,19). The molecule has 0 saturated heterocycles. The van der Waals surface area contributed by atoms with Gasteiger partial charge in [-0.2, -0.15) is 0 Å². The molecule has 0 atom stereocenters. The summed E-state index contributed by atoms with van der Waals surface area (Å²) in [6.45, 7) is 8.42. The molecule has 114 valence electrons. The van der Waals surface area contributed by atoms with Gasteiger partial charge in [-0.3, -0.25) is 4.79 Å². The summed E-state index contributed by atoms with van der Waals surface area (Å²) >= 11 is 0. The van der Waals surface area contributed by atoms with E-state index in [1.807, 2.05) is 10.8 Å². The van der Waals surface area contributed by atoms with Gasteiger partial charge in [-0.15, -0.1) is 0 Å². The van der Waals surface area contributed by atoms with Crippen molar-refractivity contribution in [3.05, 3.63) is 18.0 Å². The number of nitrogen functional groups attached to an aromatic ring is 1. The number of aromatic nitrogens is 1. The fraction of sp³-hybridized carbons (Fsp3) is 0.667. The largest absolute Gasteiger partial charge is 0.397 e. The summed E-state index contributed by atoms with van der Waals surface area (Å²) in [4.78, 5) is 12.3. The van der Waals surface area contributed by atoms with E-state index in [0.717, 1.165) is 19.4 Å². The van der Waals surface area contributed by atoms with Crippen molar-refractivity contribution in [2.24, 2.45) is 5.41 Å². The highest BCUT2D eigenvalue weighted by atomic mass is 16.5. The van der Waals surface area contributed by atoms with Crippen molar-refractivity contribution in [3.8, 4) is 0 Å². The summed E-state index contributed by atoms with van der Waals surface area (Å²) in [7, 11) is 1.69. The summed E-state index contributed by atoms with van der Waals surface area (Å²) < 4.78 is 7.00. The number of ether oxygens (including phenoxy) is 1. The summed E-state index contributed by atoms with van der Waals surface area (Å²) in [5, 5.41) is 2.99. The quantitative estimate of drug-likeness (QED) is 0.768. The Morgan fingerprint density at radius 2 is 2.20 bits per heavy atom. The first-order chi connectivity index (χ1) is 9.39. The summed E-state index contributed by atoms with van der Waals surface area (Å²) in [5.74, 6) is -0.0689. The van der Waals surface area contributed by atoms with Crippen LogP contribution in [0.5, 0.6) is 0 Å². The second-order valence-electron chi connectivity index (χ2n) is 5.94. The molecule has 0 aromatic carbocycles. The van der Waals surface area contributed by atoms with Crippen LogP contribution < -0.4 is 11.1 Å². The van der Waals surface area contributed by atoms with Crippen LogP contribution in [0.25, 0.3) is 0 Å². The van der Waals surface area contributed by atoms with Crippen LogP contribution in [0.3, 0.4) is 0 Å². The molecule has 5 nitrogen and oxygen atoms in total. The smallest absolute Gasteiger partial charge is 0.268 e. The van der Waals surface area contributed by atoms with Crippen molar-refractivity contribution in [3.63, 3.8) is 0 Å². The number of hydrogen-bond acceptors (Lipinski definition) is 3. The molecular weight excluding hydrogens is 254 g/mol. The second kappa shape index (κ2) is 7.33. The maximum atomic E-state index is 12.3. The highest BCUT2D eigenvalue weighted by Crippen LogP contribution is 2.19. The van der Waals surface area contributed by atoms with Crippen molar-refractivity contribution >= 4 is 11.6 Å². The van der Waals surface area contributed by atoms with E-state index in [-0.39, 0.29) is 11.3 Å². The van der Waals surface area contributed by atoms with Gasteiger partial charge < -0.3 is 20.4 Å². The van der Waals surface area contributed by atoms with E-state index in [2.05, 4.69) is 26.1 Å². The fourth-order valence-corrected chi connectivity index (χ4v) is 2.03. The van der Waals surface area contributed by atoms with E-state index >= 15 is 0 Å². The molecular formula is C15H27N3O2. The number of nitrogens with one attached hydrogen (secondary N) is 1. The zero-order valence-electron chi connectivity index (χ0n) is 13.0. The third kappa shape index (κ3) is 4.89. The van der Waals surface area contributed by atoms with Gasteiger partial charge in [0.1, 0.15) is 5.69 Å². The number of anilines is 1. The molecule has 0 aliphatic heterocycles. The van der Waals surface area contributed by atoms with Crippen molar-refractivity contribution < 1.29 is 9.53 Å². The molecule has 0 radical (unpaired) electrons. The number of nitrogens with two attached hydrogens (primary N) is 1. The number of methoxy groups -OCH3 is 1. The number of rotatable bonds is 8. The highest BCUT2D eigenvalue weighted by molar-refractivity contribution is 5.93. The van der Waals surface area contributed by atoms with Gasteiger partial charge in [-0.25, -0.2) is 0 Å². The molecule has 0 saturated carbocycles. The number of carbonyl (C=O) groups is 1. The van der Waals surface area contributed by atoms with Crippen molar-refractivity contribution in [1.29, 1.82) is 0 Å². The Balaban J connectivity index is 2.62. The lowest BCUT2D eigenvalue weighted by Crippen LogP contribution is -2.35.